The van der Waals surface area contributed by atoms with Crippen LogP contribution in [-0.2, 0) is 0 Å². The first-order valence-corrected chi connectivity index (χ1v) is 19.2. The number of nitrogens with one attached hydrogen (secondary N) is 3. The molecule has 2 aliphatic heterocycles. The summed E-state index contributed by atoms with van der Waals surface area (Å²) < 4.78 is 159. The van der Waals surface area contributed by atoms with Gasteiger partial charge in [0.15, 0.2) is 46.5 Å². The number of fused-ring (bicyclic) bond motifs is 9. The highest BCUT2D eigenvalue weighted by Gasteiger charge is 2.34. The van der Waals surface area contributed by atoms with E-state index in [9.17, 15) is 13.2 Å². The molecule has 3 aromatic carbocycles. The van der Waals surface area contributed by atoms with Crippen molar-refractivity contribution in [3.8, 4) is 50.6 Å². The molecular formula is C45H33F9N6O3. The van der Waals surface area contributed by atoms with E-state index in [0.29, 0.717) is 18.8 Å². The standard InChI is InChI=1S/C45H33F9N6O3/c1-59-13-15-60(16-14-59)45-43(53)38(48)35(39(49)44(45)54)32-25-8-6-21(56-25)20-5-7-24(55-20)31(34-36(46)40(50)42(52)41(51)37(34)47)26-11-9-22(57-26)30(23-10-12-27(32)58-23)33-28(62-3)17-19(61-2)18-29(33)63-4/h5-12,17-18,55-57H,13-16H2,1-4H3. The van der Waals surface area contributed by atoms with Gasteiger partial charge < -0.3 is 39.0 Å². The van der Waals surface area contributed by atoms with Gasteiger partial charge in [0.05, 0.1) is 60.4 Å². The number of ether oxygens (including phenoxy) is 3. The summed E-state index contributed by atoms with van der Waals surface area (Å²) in [5.41, 5.74) is -3.74. The van der Waals surface area contributed by atoms with Crippen molar-refractivity contribution < 1.29 is 53.7 Å². The molecule has 18 heteroatoms. The molecule has 0 aliphatic carbocycles. The van der Waals surface area contributed by atoms with Crippen molar-refractivity contribution in [2.45, 2.75) is 0 Å². The molecule has 9 rings (SSSR count). The van der Waals surface area contributed by atoms with E-state index < -0.39 is 74.7 Å². The Hall–Kier alpha value is -7.08. The fraction of sp³-hybridized carbons (Fsp3) is 0.178. The SMILES string of the molecule is COc1cc(OC)c(-c2c3nc(c(-c4c(F)c(F)c(N5CCN(C)CC5)c(F)c4F)c4ccc([nH]4)c4ccc([nH]4)c(-c4c(F)c(F)c(F)c(F)c4F)c4ccc2[nH]4)C=C3)c(OC)c1. The van der Waals surface area contributed by atoms with Crippen LogP contribution in [0.5, 0.6) is 17.2 Å². The first-order valence-electron chi connectivity index (χ1n) is 19.2. The first kappa shape index (κ1) is 41.3. The van der Waals surface area contributed by atoms with Crippen molar-refractivity contribution in [1.29, 1.82) is 0 Å². The molecule has 0 unspecified atom stereocenters. The number of halogens is 9. The second kappa shape index (κ2) is 15.7. The summed E-state index contributed by atoms with van der Waals surface area (Å²) in [5, 5.41) is 0. The summed E-state index contributed by atoms with van der Waals surface area (Å²) in [6.07, 6.45) is 2.81. The molecule has 7 aromatic rings. The molecule has 2 aliphatic rings. The minimum Gasteiger partial charge on any atom is -0.496 e. The zero-order chi connectivity index (χ0) is 44.6. The number of rotatable bonds is 7. The molecule has 0 spiro atoms. The number of benzene rings is 3. The number of methoxy groups -OCH3 is 3. The Kier molecular flexibility index (Phi) is 10.3. The number of H-pyrrole nitrogens is 3. The second-order valence-electron chi connectivity index (χ2n) is 14.8. The number of hydrogen-bond acceptors (Lipinski definition) is 6. The second-order valence-corrected chi connectivity index (χ2v) is 14.8. The summed E-state index contributed by atoms with van der Waals surface area (Å²) in [5.74, 6) is -17.0. The quantitative estimate of drug-likeness (QED) is 0.0839. The van der Waals surface area contributed by atoms with Gasteiger partial charge in [0.2, 0.25) is 5.82 Å². The third kappa shape index (κ3) is 6.58. The van der Waals surface area contributed by atoms with E-state index in [1.165, 1.54) is 86.9 Å². The van der Waals surface area contributed by atoms with Crippen LogP contribution in [0.25, 0.3) is 78.6 Å². The van der Waals surface area contributed by atoms with Gasteiger partial charge >= 0.3 is 0 Å². The molecule has 4 aromatic heterocycles. The van der Waals surface area contributed by atoms with E-state index in [1.807, 2.05) is 11.9 Å². The predicted molar refractivity (Wildman–Crippen MR) is 220 cm³/mol. The maximum absolute atomic E-state index is 16.7. The van der Waals surface area contributed by atoms with Crippen molar-refractivity contribution >= 4 is 50.9 Å². The van der Waals surface area contributed by atoms with Gasteiger partial charge in [-0.1, -0.05) is 0 Å². The van der Waals surface area contributed by atoms with Crippen LogP contribution in [0.1, 0.15) is 11.4 Å². The predicted octanol–water partition coefficient (Wildman–Crippen LogP) is 10.7. The first-order chi connectivity index (χ1) is 30.3. The van der Waals surface area contributed by atoms with Crippen molar-refractivity contribution in [1.82, 2.24) is 24.8 Å². The number of aromatic amines is 3. The largest absolute Gasteiger partial charge is 0.496 e. The molecule has 6 heterocycles. The molecule has 9 nitrogen and oxygen atoms in total. The number of anilines is 1. The van der Waals surface area contributed by atoms with Crippen molar-refractivity contribution in [3.05, 3.63) is 112 Å². The van der Waals surface area contributed by atoms with Gasteiger partial charge in [0.25, 0.3) is 0 Å². The summed E-state index contributed by atoms with van der Waals surface area (Å²) in [6, 6.07) is 11.4. The van der Waals surface area contributed by atoms with Crippen molar-refractivity contribution in [2.75, 3.05) is 59.5 Å². The number of nitrogens with zero attached hydrogens (tertiary/aromatic N) is 3. The van der Waals surface area contributed by atoms with Crippen LogP contribution >= 0.6 is 0 Å². The van der Waals surface area contributed by atoms with Crippen LogP contribution in [0.4, 0.5) is 45.2 Å². The third-order valence-electron chi connectivity index (χ3n) is 11.3. The molecule has 0 radical (unpaired) electrons. The molecule has 63 heavy (non-hydrogen) atoms. The Balaban J connectivity index is 1.46. The lowest BCUT2D eigenvalue weighted by Crippen LogP contribution is -2.45. The van der Waals surface area contributed by atoms with E-state index in [2.05, 4.69) is 15.0 Å². The van der Waals surface area contributed by atoms with E-state index in [-0.39, 0.29) is 85.8 Å². The highest BCUT2D eigenvalue weighted by Crippen LogP contribution is 2.47. The topological polar surface area (TPSA) is 94.4 Å². The Morgan fingerprint density at radius 1 is 0.444 bits per heavy atom. The minimum atomic E-state index is -2.36. The van der Waals surface area contributed by atoms with Crippen LogP contribution in [0, 0.1) is 52.4 Å². The van der Waals surface area contributed by atoms with Crippen LogP contribution < -0.4 is 19.1 Å². The number of likely N-dealkylation sites (N-methyl/N-ethyl adjacent to an activating group) is 1. The van der Waals surface area contributed by atoms with Crippen molar-refractivity contribution in [2.24, 2.45) is 0 Å². The number of hydrogen-bond donors (Lipinski definition) is 3. The van der Waals surface area contributed by atoms with E-state index in [0.717, 1.165) is 0 Å². The third-order valence-corrected chi connectivity index (χ3v) is 11.3. The van der Waals surface area contributed by atoms with Gasteiger partial charge in [-0.15, -0.1) is 0 Å². The normalized spacial score (nSPS) is 13.7. The molecular weight excluding hydrogens is 844 g/mol. The van der Waals surface area contributed by atoms with Crippen LogP contribution in [-0.4, -0.2) is 79.4 Å². The molecule has 0 amide bonds. The van der Waals surface area contributed by atoms with Gasteiger partial charge in [0, 0.05) is 77.1 Å². The summed E-state index contributed by atoms with van der Waals surface area (Å²) in [6.45, 7) is 0.982. The fourth-order valence-electron chi connectivity index (χ4n) is 8.16. The lowest BCUT2D eigenvalue weighted by molar-refractivity contribution is 0.309. The molecule has 8 bridgehead atoms. The van der Waals surface area contributed by atoms with E-state index >= 15 is 26.3 Å². The average Bonchev–Trinajstić information content (AvgIpc) is 4.14. The molecule has 1 saturated heterocycles. The fourth-order valence-corrected chi connectivity index (χ4v) is 8.16. The van der Waals surface area contributed by atoms with Gasteiger partial charge in [-0.2, -0.15) is 0 Å². The highest BCUT2D eigenvalue weighted by atomic mass is 19.2. The lowest BCUT2D eigenvalue weighted by atomic mass is 10.00. The zero-order valence-electron chi connectivity index (χ0n) is 33.6. The summed E-state index contributed by atoms with van der Waals surface area (Å²) in [7, 11) is 5.91. The molecule has 1 fully saturated rings. The summed E-state index contributed by atoms with van der Waals surface area (Å²) in [4.78, 5) is 16.9. The van der Waals surface area contributed by atoms with E-state index in [4.69, 9.17) is 19.2 Å². The van der Waals surface area contributed by atoms with Crippen molar-refractivity contribution in [3.63, 3.8) is 0 Å². The van der Waals surface area contributed by atoms with Crippen LogP contribution in [0.3, 0.4) is 0 Å². The minimum absolute atomic E-state index is 0.0366. The van der Waals surface area contributed by atoms with Gasteiger partial charge in [-0.3, -0.25) is 0 Å². The molecule has 0 saturated carbocycles. The van der Waals surface area contributed by atoms with Gasteiger partial charge in [-0.25, -0.2) is 44.5 Å². The van der Waals surface area contributed by atoms with E-state index in [1.54, 1.807) is 0 Å². The maximum atomic E-state index is 16.7. The number of aromatic nitrogens is 4. The smallest absolute Gasteiger partial charge is 0.200 e. The molecule has 0 atom stereocenters. The number of piperazine rings is 1. The Morgan fingerprint density at radius 2 is 0.825 bits per heavy atom. The molecule has 324 valence electrons. The van der Waals surface area contributed by atoms with Crippen LogP contribution in [0.15, 0.2) is 48.5 Å². The van der Waals surface area contributed by atoms with Gasteiger partial charge in [-0.05, 0) is 55.6 Å². The Bertz CT molecular complexity index is 3100. The Labute approximate surface area is 351 Å². The lowest BCUT2D eigenvalue weighted by Gasteiger charge is -2.34. The average molecular weight is 877 g/mol. The maximum Gasteiger partial charge on any atom is 0.200 e. The molecule has 3 N–H and O–H groups in total. The van der Waals surface area contributed by atoms with Crippen LogP contribution in [0.2, 0.25) is 0 Å². The monoisotopic (exact) mass is 876 g/mol. The summed E-state index contributed by atoms with van der Waals surface area (Å²) >= 11 is 0. The Morgan fingerprint density at radius 3 is 1.29 bits per heavy atom. The van der Waals surface area contributed by atoms with Gasteiger partial charge in [0.1, 0.15) is 22.9 Å². The highest BCUT2D eigenvalue weighted by molar-refractivity contribution is 6.01. The zero-order valence-corrected chi connectivity index (χ0v) is 33.6.